The van der Waals surface area contributed by atoms with Crippen LogP contribution in [0.25, 0.3) is 5.82 Å². The van der Waals surface area contributed by atoms with Gasteiger partial charge in [-0.15, -0.1) is 0 Å². The highest BCUT2D eigenvalue weighted by Crippen LogP contribution is 2.30. The Morgan fingerprint density at radius 1 is 1.32 bits per heavy atom. The van der Waals surface area contributed by atoms with E-state index in [1.54, 1.807) is 20.8 Å². The lowest BCUT2D eigenvalue weighted by Crippen LogP contribution is -2.10. The topological polar surface area (TPSA) is 69.4 Å². The molecule has 134 valence electrons. The Balaban J connectivity index is 2.42. The highest BCUT2D eigenvalue weighted by molar-refractivity contribution is 5.99. The normalized spacial score (nSPS) is 12.4. The number of alkyl halides is 3. The minimum absolute atomic E-state index is 0.0504. The zero-order chi connectivity index (χ0) is 18.8. The van der Waals surface area contributed by atoms with Crippen LogP contribution in [-0.2, 0) is 15.8 Å². The van der Waals surface area contributed by atoms with Gasteiger partial charge in [-0.05, 0) is 32.9 Å². The summed E-state index contributed by atoms with van der Waals surface area (Å²) >= 11 is 0. The molecule has 0 aliphatic heterocycles. The fourth-order valence-electron chi connectivity index (χ4n) is 2.15. The summed E-state index contributed by atoms with van der Waals surface area (Å²) in [6.07, 6.45) is -2.86. The van der Waals surface area contributed by atoms with E-state index in [1.807, 2.05) is 0 Å². The van der Waals surface area contributed by atoms with Gasteiger partial charge in [0.15, 0.2) is 5.82 Å². The van der Waals surface area contributed by atoms with E-state index in [0.717, 1.165) is 12.1 Å². The molecule has 9 heteroatoms. The lowest BCUT2D eigenvalue weighted by molar-refractivity contribution is -0.143. The van der Waals surface area contributed by atoms with Gasteiger partial charge in [0, 0.05) is 17.7 Å². The van der Waals surface area contributed by atoms with Crippen LogP contribution >= 0.6 is 0 Å². The van der Waals surface area contributed by atoms with Crippen LogP contribution in [0.2, 0.25) is 0 Å². The summed E-state index contributed by atoms with van der Waals surface area (Å²) in [6, 6.07) is 1.90. The molecule has 0 fully saturated rings. The lowest BCUT2D eigenvalue weighted by atomic mass is 10.2. The highest BCUT2D eigenvalue weighted by Gasteiger charge is 2.31. The van der Waals surface area contributed by atoms with Gasteiger partial charge in [-0.3, -0.25) is 0 Å². The van der Waals surface area contributed by atoms with Crippen molar-refractivity contribution in [3.8, 4) is 5.82 Å². The summed E-state index contributed by atoms with van der Waals surface area (Å²) in [6.45, 7) is 6.40. The van der Waals surface area contributed by atoms with Crippen LogP contribution in [0.4, 0.5) is 13.2 Å². The lowest BCUT2D eigenvalue weighted by Gasteiger charge is -2.11. The number of carbonyl (C=O) groups is 1. The van der Waals surface area contributed by atoms with Crippen molar-refractivity contribution < 1.29 is 22.8 Å². The molecule has 2 aromatic rings. The molecule has 0 spiro atoms. The number of halogens is 3. The van der Waals surface area contributed by atoms with Crippen molar-refractivity contribution in [3.05, 3.63) is 40.8 Å². The van der Waals surface area contributed by atoms with Gasteiger partial charge in [0.1, 0.15) is 0 Å². The van der Waals surface area contributed by atoms with Crippen molar-refractivity contribution in [1.29, 1.82) is 0 Å². The van der Waals surface area contributed by atoms with Crippen molar-refractivity contribution in [1.82, 2.24) is 14.8 Å². The molecule has 2 aromatic heterocycles. The Morgan fingerprint density at radius 2 is 2.00 bits per heavy atom. The Bertz CT molecular complexity index is 825. The molecular formula is C16H17F3N4O2. The second kappa shape index (κ2) is 7.04. The van der Waals surface area contributed by atoms with Crippen molar-refractivity contribution in [2.24, 2.45) is 5.16 Å². The maximum absolute atomic E-state index is 13.0. The number of aryl methyl sites for hydroxylation is 1. The molecule has 6 nitrogen and oxygen atoms in total. The molecule has 2 rings (SSSR count). The van der Waals surface area contributed by atoms with Gasteiger partial charge >= 0.3 is 12.1 Å². The van der Waals surface area contributed by atoms with Crippen LogP contribution in [0.1, 0.15) is 42.8 Å². The van der Waals surface area contributed by atoms with Crippen molar-refractivity contribution in [3.63, 3.8) is 0 Å². The smallest absolute Gasteiger partial charge is 0.318 e. The van der Waals surface area contributed by atoms with Gasteiger partial charge in [0.25, 0.3) is 0 Å². The summed E-state index contributed by atoms with van der Waals surface area (Å²) in [4.78, 5) is 20.0. The molecule has 0 bridgehead atoms. The molecule has 0 atom stereocenters. The monoisotopic (exact) mass is 354 g/mol. The number of carbonyl (C=O) groups excluding carboxylic acids is 1. The first-order valence-electron chi connectivity index (χ1n) is 7.49. The van der Waals surface area contributed by atoms with Crippen LogP contribution < -0.4 is 0 Å². The summed E-state index contributed by atoms with van der Waals surface area (Å²) in [7, 11) is 0. The number of pyridine rings is 1. The van der Waals surface area contributed by atoms with Crippen molar-refractivity contribution >= 4 is 11.7 Å². The quantitative estimate of drug-likeness (QED) is 0.478. The Hall–Kier alpha value is -2.71. The minimum Gasteiger partial charge on any atom is -0.318 e. The second-order valence-corrected chi connectivity index (χ2v) is 5.40. The van der Waals surface area contributed by atoms with Gasteiger partial charge in [-0.1, -0.05) is 12.1 Å². The maximum atomic E-state index is 13.0. The fourth-order valence-corrected chi connectivity index (χ4v) is 2.15. The Labute approximate surface area is 142 Å². The number of hydrogen-bond acceptors (Lipinski definition) is 5. The first-order valence-corrected chi connectivity index (χ1v) is 7.49. The van der Waals surface area contributed by atoms with E-state index in [0.29, 0.717) is 17.0 Å². The predicted octanol–water partition coefficient (Wildman–Crippen LogP) is 3.58. The number of rotatable bonds is 4. The molecule has 0 aliphatic rings. The Morgan fingerprint density at radius 3 is 2.60 bits per heavy atom. The van der Waals surface area contributed by atoms with E-state index in [4.69, 9.17) is 4.84 Å². The summed E-state index contributed by atoms with van der Waals surface area (Å²) in [5.41, 5.74) is 0.882. The number of oxime groups is 1. The molecule has 25 heavy (non-hydrogen) atoms. The molecule has 0 saturated carbocycles. The molecule has 0 radical (unpaired) electrons. The number of aromatic nitrogens is 3. The third-order valence-electron chi connectivity index (χ3n) is 3.46. The van der Waals surface area contributed by atoms with Crippen molar-refractivity contribution in [2.75, 3.05) is 0 Å². The van der Waals surface area contributed by atoms with Gasteiger partial charge in [-0.2, -0.15) is 18.3 Å². The van der Waals surface area contributed by atoms with Crippen LogP contribution in [0.15, 0.2) is 23.5 Å². The third-order valence-corrected chi connectivity index (χ3v) is 3.46. The van der Waals surface area contributed by atoms with E-state index in [1.165, 1.54) is 17.8 Å². The average molecular weight is 354 g/mol. The van der Waals surface area contributed by atoms with Crippen LogP contribution in [0, 0.1) is 13.8 Å². The van der Waals surface area contributed by atoms with E-state index in [2.05, 4.69) is 15.2 Å². The number of nitrogens with zero attached hydrogens (tertiary/aromatic N) is 4. The summed E-state index contributed by atoms with van der Waals surface area (Å²) in [5.74, 6) is -0.436. The molecule has 0 unspecified atom stereocenters. The largest absolute Gasteiger partial charge is 0.416 e. The zero-order valence-corrected chi connectivity index (χ0v) is 14.2. The van der Waals surface area contributed by atoms with Gasteiger partial charge in [0.05, 0.1) is 23.2 Å². The van der Waals surface area contributed by atoms with Gasteiger partial charge in [0.2, 0.25) is 0 Å². The minimum atomic E-state index is -4.47. The molecule has 0 amide bonds. The fraction of sp³-hybridized carbons (Fsp3) is 0.375. The van der Waals surface area contributed by atoms with E-state index in [9.17, 15) is 18.0 Å². The van der Waals surface area contributed by atoms with Crippen LogP contribution in [0.5, 0.6) is 0 Å². The first-order chi connectivity index (χ1) is 11.6. The summed E-state index contributed by atoms with van der Waals surface area (Å²) in [5, 5.41) is 7.80. The predicted molar refractivity (Wildman–Crippen MR) is 84.4 cm³/mol. The van der Waals surface area contributed by atoms with Crippen LogP contribution in [-0.4, -0.2) is 26.4 Å². The van der Waals surface area contributed by atoms with Gasteiger partial charge in [-0.25, -0.2) is 14.5 Å². The molecule has 0 N–H and O–H groups in total. The van der Waals surface area contributed by atoms with Crippen LogP contribution in [0.3, 0.4) is 0 Å². The highest BCUT2D eigenvalue weighted by atomic mass is 19.4. The van der Waals surface area contributed by atoms with E-state index >= 15 is 0 Å². The zero-order valence-electron chi connectivity index (χ0n) is 14.2. The van der Waals surface area contributed by atoms with E-state index in [-0.39, 0.29) is 17.9 Å². The molecule has 0 aromatic carbocycles. The molecular weight excluding hydrogens is 337 g/mol. The SMILES string of the molecule is CCC(=O)ON=C(C)c1cnn(-c2cc(C(F)(F)F)cc(C)n2)c1C. The maximum Gasteiger partial charge on any atom is 0.416 e. The molecule has 0 saturated heterocycles. The second-order valence-electron chi connectivity index (χ2n) is 5.40. The molecule has 0 aliphatic carbocycles. The summed E-state index contributed by atoms with van der Waals surface area (Å²) < 4.78 is 40.2. The Kier molecular flexibility index (Phi) is 5.24. The average Bonchev–Trinajstić information content (AvgIpc) is 2.92. The van der Waals surface area contributed by atoms with Gasteiger partial charge < -0.3 is 4.84 Å². The third kappa shape index (κ3) is 4.23. The van der Waals surface area contributed by atoms with E-state index < -0.39 is 17.7 Å². The standard InChI is InChI=1S/C16H17F3N4O2/c1-5-15(24)25-22-10(3)13-8-20-23(11(13)4)14-7-12(16(17,18)19)6-9(2)21-14/h6-8H,5H2,1-4H3. The first kappa shape index (κ1) is 18.6. The number of hydrogen-bond donors (Lipinski definition) is 0. The molecule has 2 heterocycles. The van der Waals surface area contributed by atoms with Crippen molar-refractivity contribution in [2.45, 2.75) is 40.3 Å².